The van der Waals surface area contributed by atoms with Gasteiger partial charge in [-0.25, -0.2) is 8.42 Å². The Kier molecular flexibility index (Phi) is 7.43. The monoisotopic (exact) mass is 421 g/mol. The molecule has 0 atom stereocenters. The third kappa shape index (κ3) is 6.39. The third-order valence-electron chi connectivity index (χ3n) is 3.80. The van der Waals surface area contributed by atoms with E-state index in [0.29, 0.717) is 22.7 Å². The maximum Gasteiger partial charge on any atom is 0.258 e. The number of hydrogen-bond donors (Lipinski definition) is 3. The smallest absolute Gasteiger partial charge is 0.258 e. The second-order valence-corrected chi connectivity index (χ2v) is 7.75. The topological polar surface area (TPSA) is 123 Å². The first-order valence-electron chi connectivity index (χ1n) is 8.60. The standard InChI is InChI=1S/C19H23N3O6S/c1-27-15-5-4-6-16(28-2)17(15)19(24)21-12-11-20-18(23)13-7-9-14(10-8-13)22-29(3,25)26/h4-10,22H,11-12H2,1-3H3,(H,20,23)(H,21,24). The number of benzene rings is 2. The van der Waals surface area contributed by atoms with Gasteiger partial charge < -0.3 is 20.1 Å². The van der Waals surface area contributed by atoms with Gasteiger partial charge in [0, 0.05) is 24.3 Å². The van der Waals surface area contributed by atoms with Gasteiger partial charge in [-0.2, -0.15) is 0 Å². The van der Waals surface area contributed by atoms with Gasteiger partial charge in [-0.15, -0.1) is 0 Å². The first kappa shape index (κ1) is 22.0. The van der Waals surface area contributed by atoms with E-state index in [1.165, 1.54) is 38.5 Å². The molecule has 0 aromatic heterocycles. The second-order valence-electron chi connectivity index (χ2n) is 6.00. The van der Waals surface area contributed by atoms with E-state index in [4.69, 9.17) is 9.47 Å². The molecule has 2 rings (SSSR count). The number of sulfonamides is 1. The number of amides is 2. The Morgan fingerprint density at radius 3 is 1.86 bits per heavy atom. The molecular weight excluding hydrogens is 398 g/mol. The van der Waals surface area contributed by atoms with Gasteiger partial charge in [0.1, 0.15) is 17.1 Å². The van der Waals surface area contributed by atoms with Crippen LogP contribution in [-0.2, 0) is 10.0 Å². The molecule has 0 saturated heterocycles. The molecule has 0 spiro atoms. The summed E-state index contributed by atoms with van der Waals surface area (Å²) < 4.78 is 35.1. The Bertz CT molecular complexity index is 952. The second kappa shape index (κ2) is 9.78. The summed E-state index contributed by atoms with van der Waals surface area (Å²) >= 11 is 0. The zero-order chi connectivity index (χ0) is 21.4. The molecule has 0 radical (unpaired) electrons. The number of carbonyl (C=O) groups is 2. The van der Waals surface area contributed by atoms with Crippen molar-refractivity contribution < 1.29 is 27.5 Å². The molecule has 10 heteroatoms. The van der Waals surface area contributed by atoms with Crippen molar-refractivity contribution in [3.05, 3.63) is 53.6 Å². The molecule has 2 aromatic rings. The fraction of sp³-hybridized carbons (Fsp3) is 0.263. The fourth-order valence-electron chi connectivity index (χ4n) is 2.52. The van der Waals surface area contributed by atoms with E-state index in [2.05, 4.69) is 15.4 Å². The molecule has 0 saturated carbocycles. The van der Waals surface area contributed by atoms with Crippen LogP contribution in [0.5, 0.6) is 11.5 Å². The molecule has 0 bridgehead atoms. The molecule has 3 N–H and O–H groups in total. The number of hydrogen-bond acceptors (Lipinski definition) is 6. The number of nitrogens with one attached hydrogen (secondary N) is 3. The molecule has 0 aliphatic rings. The highest BCUT2D eigenvalue weighted by Crippen LogP contribution is 2.27. The minimum Gasteiger partial charge on any atom is -0.496 e. The van der Waals surface area contributed by atoms with Crippen molar-refractivity contribution in [1.82, 2.24) is 10.6 Å². The first-order valence-corrected chi connectivity index (χ1v) is 10.5. The summed E-state index contributed by atoms with van der Waals surface area (Å²) in [5.74, 6) is 0.0344. The van der Waals surface area contributed by atoms with Crippen LogP contribution in [0.2, 0.25) is 0 Å². The van der Waals surface area contributed by atoms with Gasteiger partial charge in [0.25, 0.3) is 11.8 Å². The molecule has 0 heterocycles. The van der Waals surface area contributed by atoms with Crippen molar-refractivity contribution in [1.29, 1.82) is 0 Å². The summed E-state index contributed by atoms with van der Waals surface area (Å²) in [5.41, 5.74) is 1.00. The molecule has 0 fully saturated rings. The highest BCUT2D eigenvalue weighted by molar-refractivity contribution is 7.92. The number of carbonyl (C=O) groups excluding carboxylic acids is 2. The maximum atomic E-state index is 12.4. The van der Waals surface area contributed by atoms with Gasteiger partial charge in [0.05, 0.1) is 20.5 Å². The lowest BCUT2D eigenvalue weighted by Gasteiger charge is -2.13. The molecule has 2 aromatic carbocycles. The predicted octanol–water partition coefficient (Wildman–Crippen LogP) is 1.24. The zero-order valence-electron chi connectivity index (χ0n) is 16.3. The van der Waals surface area contributed by atoms with Crippen LogP contribution in [0, 0.1) is 0 Å². The molecule has 156 valence electrons. The fourth-order valence-corrected chi connectivity index (χ4v) is 3.09. The van der Waals surface area contributed by atoms with Crippen molar-refractivity contribution in [2.45, 2.75) is 0 Å². The van der Waals surface area contributed by atoms with Crippen LogP contribution < -0.4 is 24.8 Å². The SMILES string of the molecule is COc1cccc(OC)c1C(=O)NCCNC(=O)c1ccc(NS(C)(=O)=O)cc1. The van der Waals surface area contributed by atoms with Crippen molar-refractivity contribution in [3.63, 3.8) is 0 Å². The summed E-state index contributed by atoms with van der Waals surface area (Å²) in [6.07, 6.45) is 1.04. The van der Waals surface area contributed by atoms with Crippen LogP contribution in [0.3, 0.4) is 0 Å². The number of anilines is 1. The summed E-state index contributed by atoms with van der Waals surface area (Å²) in [6.45, 7) is 0.394. The Morgan fingerprint density at radius 1 is 0.862 bits per heavy atom. The van der Waals surface area contributed by atoms with Gasteiger partial charge >= 0.3 is 0 Å². The average Bonchev–Trinajstić information content (AvgIpc) is 2.69. The van der Waals surface area contributed by atoms with E-state index in [9.17, 15) is 18.0 Å². The molecule has 9 nitrogen and oxygen atoms in total. The highest BCUT2D eigenvalue weighted by Gasteiger charge is 2.17. The van der Waals surface area contributed by atoms with E-state index in [0.717, 1.165) is 6.26 Å². The normalized spacial score (nSPS) is 10.7. The van der Waals surface area contributed by atoms with Crippen molar-refractivity contribution in [2.75, 3.05) is 38.3 Å². The van der Waals surface area contributed by atoms with E-state index in [1.807, 2.05) is 0 Å². The summed E-state index contributed by atoms with van der Waals surface area (Å²) in [7, 11) is -0.456. The van der Waals surface area contributed by atoms with Gasteiger partial charge in [0.2, 0.25) is 10.0 Å². The minimum atomic E-state index is -3.38. The number of ether oxygens (including phenoxy) is 2. The molecular formula is C19H23N3O6S. The van der Waals surface area contributed by atoms with Crippen LogP contribution in [0.15, 0.2) is 42.5 Å². The zero-order valence-corrected chi connectivity index (χ0v) is 17.1. The van der Waals surface area contributed by atoms with Crippen LogP contribution in [0.1, 0.15) is 20.7 Å². The minimum absolute atomic E-state index is 0.194. The van der Waals surface area contributed by atoms with Gasteiger partial charge in [-0.05, 0) is 36.4 Å². The van der Waals surface area contributed by atoms with Gasteiger partial charge in [0.15, 0.2) is 0 Å². The maximum absolute atomic E-state index is 12.4. The van der Waals surface area contributed by atoms with E-state index < -0.39 is 10.0 Å². The lowest BCUT2D eigenvalue weighted by Crippen LogP contribution is -2.35. The lowest BCUT2D eigenvalue weighted by molar-refractivity contribution is 0.0924. The molecule has 29 heavy (non-hydrogen) atoms. The Balaban J connectivity index is 1.88. The van der Waals surface area contributed by atoms with Crippen molar-refractivity contribution in [3.8, 4) is 11.5 Å². The van der Waals surface area contributed by atoms with Gasteiger partial charge in [-0.1, -0.05) is 6.07 Å². The van der Waals surface area contributed by atoms with E-state index in [1.54, 1.807) is 18.2 Å². The van der Waals surface area contributed by atoms with E-state index in [-0.39, 0.29) is 30.5 Å². The third-order valence-corrected chi connectivity index (χ3v) is 4.41. The Morgan fingerprint density at radius 2 is 1.38 bits per heavy atom. The largest absolute Gasteiger partial charge is 0.496 e. The highest BCUT2D eigenvalue weighted by atomic mass is 32.2. The van der Waals surface area contributed by atoms with Gasteiger partial charge in [-0.3, -0.25) is 14.3 Å². The summed E-state index contributed by atoms with van der Waals surface area (Å²) in [6, 6.07) is 11.0. The number of rotatable bonds is 9. The van der Waals surface area contributed by atoms with Crippen LogP contribution in [-0.4, -0.2) is 53.8 Å². The molecule has 0 unspecified atom stereocenters. The van der Waals surface area contributed by atoms with E-state index >= 15 is 0 Å². The summed E-state index contributed by atoms with van der Waals surface area (Å²) in [5, 5.41) is 5.38. The first-order chi connectivity index (χ1) is 13.7. The quantitative estimate of drug-likeness (QED) is 0.524. The number of methoxy groups -OCH3 is 2. The molecule has 0 aliphatic heterocycles. The Hall–Kier alpha value is -3.27. The Labute approximate surface area is 169 Å². The van der Waals surface area contributed by atoms with Crippen LogP contribution in [0.25, 0.3) is 0 Å². The van der Waals surface area contributed by atoms with Crippen LogP contribution >= 0.6 is 0 Å². The summed E-state index contributed by atoms with van der Waals surface area (Å²) in [4.78, 5) is 24.6. The predicted molar refractivity (Wildman–Crippen MR) is 109 cm³/mol. The van der Waals surface area contributed by atoms with Crippen LogP contribution in [0.4, 0.5) is 5.69 Å². The molecule has 2 amide bonds. The lowest BCUT2D eigenvalue weighted by atomic mass is 10.1. The van der Waals surface area contributed by atoms with Crippen molar-refractivity contribution >= 4 is 27.5 Å². The average molecular weight is 421 g/mol. The van der Waals surface area contributed by atoms with Crippen molar-refractivity contribution in [2.24, 2.45) is 0 Å². The molecule has 0 aliphatic carbocycles.